The van der Waals surface area contributed by atoms with Crippen LogP contribution in [0.25, 0.3) is 11.6 Å². The second kappa shape index (κ2) is 4.71. The van der Waals surface area contributed by atoms with Gasteiger partial charge in [0.05, 0.1) is 11.6 Å². The predicted octanol–water partition coefficient (Wildman–Crippen LogP) is 3.96. The Balaban J connectivity index is 2.44. The lowest BCUT2D eigenvalue weighted by atomic mass is 10.0. The third-order valence-corrected chi connectivity index (χ3v) is 2.58. The number of rotatable bonds is 2. The lowest BCUT2D eigenvalue weighted by molar-refractivity contribution is 0.504. The first-order valence-corrected chi connectivity index (χ1v) is 5.45. The summed E-state index contributed by atoms with van der Waals surface area (Å²) >= 11 is 0. The van der Waals surface area contributed by atoms with Gasteiger partial charge < -0.3 is 4.42 Å². The Morgan fingerprint density at radius 1 is 1.24 bits per heavy atom. The Morgan fingerprint density at radius 3 is 2.47 bits per heavy atom. The fourth-order valence-electron chi connectivity index (χ4n) is 1.75. The Kier molecular flexibility index (Phi) is 3.11. The zero-order valence-electron chi connectivity index (χ0n) is 9.90. The summed E-state index contributed by atoms with van der Waals surface area (Å²) in [4.78, 5) is 0. The number of nitrogens with zero attached hydrogens (tertiary/aromatic N) is 1. The van der Waals surface area contributed by atoms with Crippen LogP contribution in [0.15, 0.2) is 40.8 Å². The maximum Gasteiger partial charge on any atom is 0.108 e. The molecule has 17 heavy (non-hydrogen) atoms. The van der Waals surface area contributed by atoms with Crippen molar-refractivity contribution in [3.63, 3.8) is 0 Å². The minimum Gasteiger partial charge on any atom is -0.466 e. The van der Waals surface area contributed by atoms with Crippen molar-refractivity contribution in [1.29, 1.82) is 5.26 Å². The molecule has 0 saturated carbocycles. The molecule has 2 nitrogen and oxygen atoms in total. The SMILES string of the molecule is Cc1cc(/C=C(\C#N)c2ccccc2)c(C)o1. The largest absolute Gasteiger partial charge is 0.466 e. The van der Waals surface area contributed by atoms with E-state index in [9.17, 15) is 5.26 Å². The fraction of sp³-hybridized carbons (Fsp3) is 0.133. The van der Waals surface area contributed by atoms with E-state index < -0.39 is 0 Å². The molecular weight excluding hydrogens is 210 g/mol. The van der Waals surface area contributed by atoms with Gasteiger partial charge in [0.2, 0.25) is 0 Å². The number of nitriles is 1. The van der Waals surface area contributed by atoms with E-state index in [0.717, 1.165) is 22.6 Å². The average Bonchev–Trinajstić information content (AvgIpc) is 2.66. The van der Waals surface area contributed by atoms with E-state index >= 15 is 0 Å². The number of aryl methyl sites for hydroxylation is 2. The van der Waals surface area contributed by atoms with Crippen molar-refractivity contribution in [3.8, 4) is 6.07 Å². The van der Waals surface area contributed by atoms with Gasteiger partial charge in [-0.3, -0.25) is 0 Å². The summed E-state index contributed by atoms with van der Waals surface area (Å²) in [5.74, 6) is 1.70. The van der Waals surface area contributed by atoms with Gasteiger partial charge in [-0.05, 0) is 31.6 Å². The minimum atomic E-state index is 0.648. The molecule has 84 valence electrons. The van der Waals surface area contributed by atoms with Crippen LogP contribution in [0.3, 0.4) is 0 Å². The van der Waals surface area contributed by atoms with Crippen LogP contribution in [0.1, 0.15) is 22.6 Å². The summed E-state index contributed by atoms with van der Waals surface area (Å²) in [7, 11) is 0. The van der Waals surface area contributed by atoms with Crippen molar-refractivity contribution in [3.05, 3.63) is 59.0 Å². The Morgan fingerprint density at radius 2 is 1.94 bits per heavy atom. The summed E-state index contributed by atoms with van der Waals surface area (Å²) in [6, 6.07) is 13.8. The molecule has 0 bridgehead atoms. The van der Waals surface area contributed by atoms with Crippen LogP contribution in [0, 0.1) is 25.2 Å². The van der Waals surface area contributed by atoms with Gasteiger partial charge in [0.25, 0.3) is 0 Å². The molecule has 2 heteroatoms. The monoisotopic (exact) mass is 223 g/mol. The highest BCUT2D eigenvalue weighted by molar-refractivity contribution is 5.89. The maximum atomic E-state index is 9.19. The highest BCUT2D eigenvalue weighted by Gasteiger charge is 2.05. The first kappa shape index (κ1) is 11.2. The normalized spacial score (nSPS) is 11.2. The third-order valence-electron chi connectivity index (χ3n) is 2.58. The molecule has 0 radical (unpaired) electrons. The standard InChI is InChI=1S/C15H13NO/c1-11-8-14(12(2)17-11)9-15(10-16)13-6-4-3-5-7-13/h3-9H,1-2H3/b15-9+. The molecule has 0 aliphatic carbocycles. The van der Waals surface area contributed by atoms with Crippen LogP contribution < -0.4 is 0 Å². The number of hydrogen-bond acceptors (Lipinski definition) is 2. The molecule has 0 spiro atoms. The lowest BCUT2D eigenvalue weighted by Crippen LogP contribution is -1.81. The molecule has 0 unspecified atom stereocenters. The molecule has 1 heterocycles. The summed E-state index contributed by atoms with van der Waals surface area (Å²) in [6.07, 6.45) is 1.86. The topological polar surface area (TPSA) is 36.9 Å². The molecular formula is C15H13NO. The molecule has 0 amide bonds. The van der Waals surface area contributed by atoms with E-state index in [2.05, 4.69) is 6.07 Å². The molecule has 0 N–H and O–H groups in total. The Bertz CT molecular complexity index is 585. The van der Waals surface area contributed by atoms with E-state index in [1.165, 1.54) is 0 Å². The summed E-state index contributed by atoms with van der Waals surface area (Å²) in [5.41, 5.74) is 2.53. The van der Waals surface area contributed by atoms with Crippen molar-refractivity contribution >= 4 is 11.6 Å². The zero-order chi connectivity index (χ0) is 12.3. The van der Waals surface area contributed by atoms with Crippen LogP contribution in [-0.4, -0.2) is 0 Å². The van der Waals surface area contributed by atoms with Crippen molar-refractivity contribution < 1.29 is 4.42 Å². The lowest BCUT2D eigenvalue weighted by Gasteiger charge is -1.97. The number of furan rings is 1. The zero-order valence-corrected chi connectivity index (χ0v) is 9.90. The van der Waals surface area contributed by atoms with Crippen LogP contribution in [0.2, 0.25) is 0 Å². The van der Waals surface area contributed by atoms with E-state index in [4.69, 9.17) is 4.42 Å². The molecule has 1 aromatic heterocycles. The molecule has 0 atom stereocenters. The highest BCUT2D eigenvalue weighted by Crippen LogP contribution is 2.21. The second-order valence-corrected chi connectivity index (χ2v) is 3.90. The molecule has 0 aliphatic heterocycles. The van der Waals surface area contributed by atoms with E-state index in [-0.39, 0.29) is 0 Å². The minimum absolute atomic E-state index is 0.648. The maximum absolute atomic E-state index is 9.19. The van der Waals surface area contributed by atoms with Crippen molar-refractivity contribution in [2.24, 2.45) is 0 Å². The van der Waals surface area contributed by atoms with E-state index in [1.807, 2.05) is 56.3 Å². The van der Waals surface area contributed by atoms with Crippen molar-refractivity contribution in [2.45, 2.75) is 13.8 Å². The van der Waals surface area contributed by atoms with Gasteiger partial charge in [-0.2, -0.15) is 5.26 Å². The van der Waals surface area contributed by atoms with Crippen LogP contribution >= 0.6 is 0 Å². The smallest absolute Gasteiger partial charge is 0.108 e. The predicted molar refractivity (Wildman–Crippen MR) is 68.1 cm³/mol. The summed E-state index contributed by atoms with van der Waals surface area (Å²) in [5, 5.41) is 9.19. The van der Waals surface area contributed by atoms with Gasteiger partial charge in [0.15, 0.2) is 0 Å². The quantitative estimate of drug-likeness (QED) is 0.722. The van der Waals surface area contributed by atoms with Crippen LogP contribution in [0.4, 0.5) is 0 Å². The Hall–Kier alpha value is -2.27. The van der Waals surface area contributed by atoms with Crippen LogP contribution in [-0.2, 0) is 0 Å². The van der Waals surface area contributed by atoms with Gasteiger partial charge in [-0.25, -0.2) is 0 Å². The fourth-order valence-corrected chi connectivity index (χ4v) is 1.75. The summed E-state index contributed by atoms with van der Waals surface area (Å²) < 4.78 is 5.44. The molecule has 1 aromatic carbocycles. The molecule has 0 fully saturated rings. The summed E-state index contributed by atoms with van der Waals surface area (Å²) in [6.45, 7) is 3.80. The average molecular weight is 223 g/mol. The third kappa shape index (κ3) is 2.46. The van der Waals surface area contributed by atoms with Gasteiger partial charge >= 0.3 is 0 Å². The first-order chi connectivity index (χ1) is 8.20. The van der Waals surface area contributed by atoms with Gasteiger partial charge in [0.1, 0.15) is 11.5 Å². The first-order valence-electron chi connectivity index (χ1n) is 5.45. The number of allylic oxidation sites excluding steroid dienone is 1. The molecule has 0 aliphatic rings. The van der Waals surface area contributed by atoms with Gasteiger partial charge in [0, 0.05) is 5.56 Å². The van der Waals surface area contributed by atoms with Crippen LogP contribution in [0.5, 0.6) is 0 Å². The Labute approximate surface area is 101 Å². The molecule has 2 rings (SSSR count). The molecule has 0 saturated heterocycles. The van der Waals surface area contributed by atoms with Crippen molar-refractivity contribution in [2.75, 3.05) is 0 Å². The highest BCUT2D eigenvalue weighted by atomic mass is 16.3. The number of hydrogen-bond donors (Lipinski definition) is 0. The second-order valence-electron chi connectivity index (χ2n) is 3.90. The van der Waals surface area contributed by atoms with E-state index in [0.29, 0.717) is 5.57 Å². The molecule has 2 aromatic rings. The van der Waals surface area contributed by atoms with Gasteiger partial charge in [-0.1, -0.05) is 30.3 Å². The van der Waals surface area contributed by atoms with Gasteiger partial charge in [-0.15, -0.1) is 0 Å². The number of benzene rings is 1. The van der Waals surface area contributed by atoms with E-state index in [1.54, 1.807) is 0 Å². The van der Waals surface area contributed by atoms with Crippen molar-refractivity contribution in [1.82, 2.24) is 0 Å².